The Kier molecular flexibility index (Phi) is 9.24. The number of anilines is 1. The Morgan fingerprint density at radius 2 is 1.62 bits per heavy atom. The summed E-state index contributed by atoms with van der Waals surface area (Å²) in [6.07, 6.45) is 6.40. The van der Waals surface area contributed by atoms with Crippen LogP contribution >= 0.6 is 0 Å². The topological polar surface area (TPSA) is 50.6 Å². The number of hydrogen-bond acceptors (Lipinski definition) is 5. The van der Waals surface area contributed by atoms with Crippen LogP contribution in [0.2, 0.25) is 0 Å². The van der Waals surface area contributed by atoms with Gasteiger partial charge in [-0.2, -0.15) is 0 Å². The quantitative estimate of drug-likeness (QED) is 0.194. The number of imidazole rings is 1. The number of aromatic nitrogens is 2. The molecule has 5 rings (SSSR count). The first-order valence-corrected chi connectivity index (χ1v) is 14.2. The average molecular weight is 541 g/mol. The van der Waals surface area contributed by atoms with Crippen molar-refractivity contribution in [2.24, 2.45) is 0 Å². The second-order valence-corrected chi connectivity index (χ2v) is 10.2. The van der Waals surface area contributed by atoms with Crippen LogP contribution in [0.1, 0.15) is 36.5 Å². The summed E-state index contributed by atoms with van der Waals surface area (Å²) in [6.45, 7) is 7.88. The van der Waals surface area contributed by atoms with Crippen LogP contribution in [0, 0.1) is 5.82 Å². The summed E-state index contributed by atoms with van der Waals surface area (Å²) < 4.78 is 20.7. The lowest BCUT2D eigenvalue weighted by Gasteiger charge is -2.31. The van der Waals surface area contributed by atoms with Gasteiger partial charge in [0.1, 0.15) is 5.82 Å². The molecule has 6 nitrogen and oxygen atoms in total. The van der Waals surface area contributed by atoms with E-state index in [2.05, 4.69) is 50.8 Å². The Balaban J connectivity index is 1.18. The van der Waals surface area contributed by atoms with Gasteiger partial charge in [-0.05, 0) is 86.3 Å². The minimum Gasteiger partial charge on any atom is -0.463 e. The van der Waals surface area contributed by atoms with Crippen molar-refractivity contribution in [1.29, 1.82) is 0 Å². The highest BCUT2D eigenvalue weighted by Gasteiger charge is 2.20. The Hall–Kier alpha value is -3.97. The molecule has 0 unspecified atom stereocenters. The van der Waals surface area contributed by atoms with E-state index in [-0.39, 0.29) is 11.8 Å². The van der Waals surface area contributed by atoms with Crippen molar-refractivity contribution < 1.29 is 13.9 Å². The third-order valence-corrected chi connectivity index (χ3v) is 7.37. The smallest absolute Gasteiger partial charge is 0.330 e. The van der Waals surface area contributed by atoms with E-state index in [1.165, 1.54) is 23.8 Å². The van der Waals surface area contributed by atoms with Gasteiger partial charge in [-0.25, -0.2) is 14.2 Å². The highest BCUT2D eigenvalue weighted by Crippen LogP contribution is 2.25. The number of carbonyl (C=O) groups excluding carboxylic acids is 1. The van der Waals surface area contributed by atoms with E-state index in [0.29, 0.717) is 13.2 Å². The molecule has 4 aromatic rings. The number of para-hydroxylation sites is 2. The van der Waals surface area contributed by atoms with E-state index in [0.717, 1.165) is 80.1 Å². The van der Waals surface area contributed by atoms with Gasteiger partial charge in [-0.1, -0.05) is 48.5 Å². The van der Waals surface area contributed by atoms with Crippen LogP contribution < -0.4 is 4.90 Å². The molecule has 2 heterocycles. The minimum atomic E-state index is -0.313. The van der Waals surface area contributed by atoms with E-state index < -0.39 is 0 Å². The molecule has 0 spiro atoms. The van der Waals surface area contributed by atoms with Gasteiger partial charge in [-0.15, -0.1) is 0 Å². The van der Waals surface area contributed by atoms with E-state index >= 15 is 0 Å². The molecule has 0 aliphatic carbocycles. The van der Waals surface area contributed by atoms with Crippen molar-refractivity contribution in [2.75, 3.05) is 44.2 Å². The average Bonchev–Trinajstić information content (AvgIpc) is 3.31. The molecular formula is C33H37FN4O2. The zero-order valence-electron chi connectivity index (χ0n) is 23.1. The first-order chi connectivity index (χ1) is 19.6. The summed E-state index contributed by atoms with van der Waals surface area (Å²) >= 11 is 0. The van der Waals surface area contributed by atoms with E-state index in [4.69, 9.17) is 9.72 Å². The fraction of sp³-hybridized carbons (Fsp3) is 0.333. The molecule has 0 atom stereocenters. The first-order valence-electron chi connectivity index (χ1n) is 14.2. The summed E-state index contributed by atoms with van der Waals surface area (Å²) in [6, 6.07) is 23.4. The Morgan fingerprint density at radius 3 is 2.35 bits per heavy atom. The molecular weight excluding hydrogens is 503 g/mol. The molecule has 7 heteroatoms. The van der Waals surface area contributed by atoms with Crippen LogP contribution in [0.5, 0.6) is 0 Å². The van der Waals surface area contributed by atoms with Crippen molar-refractivity contribution in [3.8, 4) is 0 Å². The molecule has 1 saturated heterocycles. The molecule has 0 saturated carbocycles. The summed E-state index contributed by atoms with van der Waals surface area (Å²) in [7, 11) is 0. The number of hydrogen-bond donors (Lipinski definition) is 0. The SMILES string of the molecule is CCOC(=O)/C=C/c1ccc(CCN2CCCN(c3nc4ccccc4n3Cc3ccc(F)cc3)CCC2)cc1. The fourth-order valence-electron chi connectivity index (χ4n) is 5.29. The summed E-state index contributed by atoms with van der Waals surface area (Å²) in [5.74, 6) is 0.469. The second-order valence-electron chi connectivity index (χ2n) is 10.2. The summed E-state index contributed by atoms with van der Waals surface area (Å²) in [5.41, 5.74) is 5.45. The molecule has 1 aliphatic heterocycles. The maximum Gasteiger partial charge on any atom is 0.330 e. The van der Waals surface area contributed by atoms with Gasteiger partial charge in [0.05, 0.1) is 24.2 Å². The molecule has 0 amide bonds. The van der Waals surface area contributed by atoms with Crippen molar-refractivity contribution in [3.05, 3.63) is 101 Å². The monoisotopic (exact) mass is 540 g/mol. The van der Waals surface area contributed by atoms with Gasteiger partial charge >= 0.3 is 5.97 Å². The Labute approximate surface area is 235 Å². The van der Waals surface area contributed by atoms with E-state index in [1.807, 2.05) is 24.3 Å². The maximum absolute atomic E-state index is 13.5. The van der Waals surface area contributed by atoms with Gasteiger partial charge in [0.25, 0.3) is 0 Å². The summed E-state index contributed by atoms with van der Waals surface area (Å²) in [5, 5.41) is 0. The van der Waals surface area contributed by atoms with Crippen LogP contribution in [0.15, 0.2) is 78.9 Å². The number of nitrogens with zero attached hydrogens (tertiary/aromatic N) is 4. The number of esters is 1. The number of fused-ring (bicyclic) bond motifs is 1. The molecule has 40 heavy (non-hydrogen) atoms. The zero-order chi connectivity index (χ0) is 27.7. The third kappa shape index (κ3) is 7.16. The predicted octanol–water partition coefficient (Wildman–Crippen LogP) is 5.94. The second kappa shape index (κ2) is 13.4. The van der Waals surface area contributed by atoms with Gasteiger partial charge in [0.15, 0.2) is 0 Å². The number of rotatable bonds is 9. The number of ether oxygens (including phenoxy) is 1. The number of benzene rings is 3. The highest BCUT2D eigenvalue weighted by atomic mass is 19.1. The molecule has 1 fully saturated rings. The highest BCUT2D eigenvalue weighted by molar-refractivity contribution is 5.87. The van der Waals surface area contributed by atoms with Gasteiger partial charge < -0.3 is 19.1 Å². The molecule has 0 bridgehead atoms. The third-order valence-electron chi connectivity index (χ3n) is 7.37. The van der Waals surface area contributed by atoms with Gasteiger partial charge in [0, 0.05) is 25.7 Å². The maximum atomic E-state index is 13.5. The molecule has 1 aliphatic rings. The van der Waals surface area contributed by atoms with Crippen molar-refractivity contribution in [1.82, 2.24) is 14.5 Å². The minimum absolute atomic E-state index is 0.215. The van der Waals surface area contributed by atoms with Crippen LogP contribution in [0.4, 0.5) is 10.3 Å². The van der Waals surface area contributed by atoms with E-state index in [9.17, 15) is 9.18 Å². The lowest BCUT2D eigenvalue weighted by molar-refractivity contribution is -0.137. The number of carbonyl (C=O) groups is 1. The number of halogens is 1. The van der Waals surface area contributed by atoms with E-state index in [1.54, 1.807) is 13.0 Å². The molecule has 1 aromatic heterocycles. The summed E-state index contributed by atoms with van der Waals surface area (Å²) in [4.78, 5) is 21.5. The van der Waals surface area contributed by atoms with Crippen LogP contribution in [-0.2, 0) is 22.5 Å². The lowest BCUT2D eigenvalue weighted by atomic mass is 10.1. The van der Waals surface area contributed by atoms with Crippen molar-refractivity contribution >= 4 is 29.0 Å². The van der Waals surface area contributed by atoms with Crippen LogP contribution in [0.25, 0.3) is 17.1 Å². The van der Waals surface area contributed by atoms with Gasteiger partial charge in [0.2, 0.25) is 5.95 Å². The van der Waals surface area contributed by atoms with Gasteiger partial charge in [-0.3, -0.25) is 0 Å². The van der Waals surface area contributed by atoms with Crippen LogP contribution in [0.3, 0.4) is 0 Å². The standard InChI is InChI=1S/C33H37FN4O2/c1-2-40-32(39)18-15-26-9-11-27(12-10-26)19-24-36-20-5-22-37(23-6-21-36)33-35-30-7-3-4-8-31(30)38(33)25-28-13-16-29(34)17-14-28/h3-4,7-18H,2,5-6,19-25H2,1H3/b18-15+. The van der Waals surface area contributed by atoms with Crippen molar-refractivity contribution in [3.63, 3.8) is 0 Å². The lowest BCUT2D eigenvalue weighted by Crippen LogP contribution is -2.38. The molecule has 0 N–H and O–H groups in total. The van der Waals surface area contributed by atoms with Crippen LogP contribution in [-0.4, -0.2) is 59.8 Å². The Morgan fingerprint density at radius 1 is 0.925 bits per heavy atom. The molecule has 0 radical (unpaired) electrons. The predicted molar refractivity (Wildman–Crippen MR) is 159 cm³/mol. The molecule has 208 valence electrons. The normalized spacial score (nSPS) is 14.9. The Bertz CT molecular complexity index is 1420. The largest absolute Gasteiger partial charge is 0.463 e. The zero-order valence-corrected chi connectivity index (χ0v) is 23.1. The molecule has 3 aromatic carbocycles. The first kappa shape index (κ1) is 27.6. The fourth-order valence-corrected chi connectivity index (χ4v) is 5.29. The van der Waals surface area contributed by atoms with Crippen molar-refractivity contribution in [2.45, 2.75) is 32.7 Å².